The van der Waals surface area contributed by atoms with Crippen LogP contribution in [0, 0.1) is 5.82 Å². The second-order valence-electron chi connectivity index (χ2n) is 6.94. The van der Waals surface area contributed by atoms with Gasteiger partial charge in [0.2, 0.25) is 0 Å². The molecular weight excluding hydrogens is 357 g/mol. The Balaban J connectivity index is 1.55. The van der Waals surface area contributed by atoms with Crippen molar-refractivity contribution in [3.63, 3.8) is 0 Å². The van der Waals surface area contributed by atoms with Gasteiger partial charge in [0.25, 0.3) is 0 Å². The molecule has 5 heterocycles. The molecule has 0 aromatic carbocycles. The average molecular weight is 375 g/mol. The molecular formula is C20H18FN7. The molecule has 0 saturated carbocycles. The van der Waals surface area contributed by atoms with Gasteiger partial charge in [-0.2, -0.15) is 5.10 Å². The number of rotatable bonds is 3. The first kappa shape index (κ1) is 16.6. The van der Waals surface area contributed by atoms with Crippen LogP contribution in [0.5, 0.6) is 0 Å². The van der Waals surface area contributed by atoms with Gasteiger partial charge in [0.05, 0.1) is 17.9 Å². The summed E-state index contributed by atoms with van der Waals surface area (Å²) in [6.45, 7) is 2.75. The number of pyridine rings is 2. The van der Waals surface area contributed by atoms with Crippen molar-refractivity contribution in [3.8, 4) is 11.1 Å². The Bertz CT molecular complexity index is 1210. The molecule has 1 aliphatic heterocycles. The van der Waals surface area contributed by atoms with E-state index >= 15 is 0 Å². The van der Waals surface area contributed by atoms with Crippen molar-refractivity contribution in [2.75, 3.05) is 0 Å². The molecule has 7 nitrogen and oxygen atoms in total. The predicted molar refractivity (Wildman–Crippen MR) is 102 cm³/mol. The lowest BCUT2D eigenvalue weighted by molar-refractivity contribution is 0.276. The molecule has 0 radical (unpaired) electrons. The minimum Gasteiger partial charge on any atom is -0.363 e. The molecule has 1 atom stereocenters. The molecule has 0 spiro atoms. The summed E-state index contributed by atoms with van der Waals surface area (Å²) < 4.78 is 18.1. The van der Waals surface area contributed by atoms with Gasteiger partial charge in [-0.05, 0) is 30.7 Å². The molecule has 4 aromatic rings. The van der Waals surface area contributed by atoms with Crippen LogP contribution in [0.25, 0.3) is 22.9 Å². The molecule has 0 bridgehead atoms. The summed E-state index contributed by atoms with van der Waals surface area (Å²) in [4.78, 5) is 6.53. The number of hydrogen-bond donors (Lipinski definition) is 0. The first-order valence-electron chi connectivity index (χ1n) is 9.01. The van der Waals surface area contributed by atoms with Crippen LogP contribution in [-0.2, 0) is 13.6 Å². The third kappa shape index (κ3) is 2.65. The second kappa shape index (κ2) is 6.26. The van der Waals surface area contributed by atoms with Crippen molar-refractivity contribution in [2.45, 2.75) is 19.5 Å². The van der Waals surface area contributed by atoms with E-state index in [-0.39, 0.29) is 11.7 Å². The van der Waals surface area contributed by atoms with E-state index in [0.29, 0.717) is 12.4 Å². The van der Waals surface area contributed by atoms with Crippen LogP contribution in [0.4, 0.5) is 4.39 Å². The lowest BCUT2D eigenvalue weighted by Gasteiger charge is -2.29. The summed E-state index contributed by atoms with van der Waals surface area (Å²) >= 11 is 0. The van der Waals surface area contributed by atoms with Gasteiger partial charge >= 0.3 is 0 Å². The molecule has 5 rings (SSSR count). The van der Waals surface area contributed by atoms with E-state index in [0.717, 1.165) is 22.4 Å². The van der Waals surface area contributed by atoms with E-state index < -0.39 is 5.82 Å². The molecule has 0 unspecified atom stereocenters. The lowest BCUT2D eigenvalue weighted by Crippen LogP contribution is -2.25. The van der Waals surface area contributed by atoms with Crippen LogP contribution < -0.4 is 0 Å². The van der Waals surface area contributed by atoms with E-state index in [2.05, 4.69) is 31.2 Å². The van der Waals surface area contributed by atoms with Crippen LogP contribution in [0.1, 0.15) is 30.0 Å². The summed E-state index contributed by atoms with van der Waals surface area (Å²) in [6.07, 6.45) is 11.2. The Morgan fingerprint density at radius 2 is 2.07 bits per heavy atom. The second-order valence-corrected chi connectivity index (χ2v) is 6.94. The van der Waals surface area contributed by atoms with Gasteiger partial charge in [-0.1, -0.05) is 6.07 Å². The highest BCUT2D eigenvalue weighted by Gasteiger charge is 2.23. The van der Waals surface area contributed by atoms with Crippen LogP contribution in [0.2, 0.25) is 0 Å². The third-order valence-corrected chi connectivity index (χ3v) is 5.10. The smallest absolute Gasteiger partial charge is 0.197 e. The minimum absolute atomic E-state index is 0.0943. The Morgan fingerprint density at radius 1 is 1.18 bits per heavy atom. The van der Waals surface area contributed by atoms with Gasteiger partial charge in [0.15, 0.2) is 17.3 Å². The highest BCUT2D eigenvalue weighted by molar-refractivity contribution is 5.63. The Labute approximate surface area is 160 Å². The van der Waals surface area contributed by atoms with Crippen LogP contribution in [0.15, 0.2) is 49.2 Å². The van der Waals surface area contributed by atoms with E-state index in [1.165, 1.54) is 6.07 Å². The minimum atomic E-state index is -0.406. The van der Waals surface area contributed by atoms with Gasteiger partial charge in [-0.25, -0.2) is 4.39 Å². The molecule has 0 fully saturated rings. The maximum absolute atomic E-state index is 14.7. The quantitative estimate of drug-likeness (QED) is 0.550. The Kier molecular flexibility index (Phi) is 3.71. The van der Waals surface area contributed by atoms with Crippen molar-refractivity contribution in [1.82, 2.24) is 34.3 Å². The SMILES string of the molecule is C[C@@H](c1nnc2c(F)cc(-c3cnn(C)c3)cn12)N1C=Cc2ncccc2C1. The first-order chi connectivity index (χ1) is 13.6. The van der Waals surface area contributed by atoms with Gasteiger partial charge < -0.3 is 4.90 Å². The van der Waals surface area contributed by atoms with Crippen molar-refractivity contribution >= 4 is 11.7 Å². The topological polar surface area (TPSA) is 64.1 Å². The predicted octanol–water partition coefficient (Wildman–Crippen LogP) is 3.21. The maximum atomic E-state index is 14.7. The Morgan fingerprint density at radius 3 is 2.89 bits per heavy atom. The van der Waals surface area contributed by atoms with Gasteiger partial charge in [0, 0.05) is 49.5 Å². The van der Waals surface area contributed by atoms with Gasteiger partial charge in [-0.3, -0.25) is 14.1 Å². The molecule has 28 heavy (non-hydrogen) atoms. The number of hydrogen-bond acceptors (Lipinski definition) is 5. The summed E-state index contributed by atoms with van der Waals surface area (Å²) in [6, 6.07) is 5.37. The van der Waals surface area contributed by atoms with Gasteiger partial charge in [0.1, 0.15) is 0 Å². The van der Waals surface area contributed by atoms with E-state index in [4.69, 9.17) is 0 Å². The summed E-state index contributed by atoms with van der Waals surface area (Å²) in [7, 11) is 1.83. The highest BCUT2D eigenvalue weighted by atomic mass is 19.1. The molecule has 0 aliphatic carbocycles. The number of aromatic nitrogens is 6. The van der Waals surface area contributed by atoms with E-state index in [9.17, 15) is 4.39 Å². The lowest BCUT2D eigenvalue weighted by atomic mass is 10.1. The third-order valence-electron chi connectivity index (χ3n) is 5.10. The van der Waals surface area contributed by atoms with Crippen LogP contribution in [-0.4, -0.2) is 34.3 Å². The molecule has 8 heteroatoms. The summed E-state index contributed by atoms with van der Waals surface area (Å²) in [5, 5.41) is 12.5. The number of fused-ring (bicyclic) bond motifs is 2. The fraction of sp³-hybridized carbons (Fsp3) is 0.200. The van der Waals surface area contributed by atoms with Crippen molar-refractivity contribution in [3.05, 3.63) is 72.1 Å². The summed E-state index contributed by atoms with van der Waals surface area (Å²) in [5.74, 6) is 0.271. The molecule has 140 valence electrons. The van der Waals surface area contributed by atoms with E-state index in [1.54, 1.807) is 21.5 Å². The molecule has 0 saturated heterocycles. The van der Waals surface area contributed by atoms with Crippen molar-refractivity contribution in [2.24, 2.45) is 7.05 Å². The normalized spacial score (nSPS) is 14.5. The molecule has 0 amide bonds. The fourth-order valence-electron chi connectivity index (χ4n) is 3.55. The van der Waals surface area contributed by atoms with Crippen LogP contribution >= 0.6 is 0 Å². The standard InChI is InChI=1S/C20H18FN7/c1-13(27-7-5-18-14(11-27)4-3-6-22-18)19-24-25-20-17(21)8-15(12-28(19)20)16-9-23-26(2)10-16/h3-10,12-13H,11H2,1-2H3/t13-/m0/s1. The zero-order chi connectivity index (χ0) is 19.3. The zero-order valence-electron chi connectivity index (χ0n) is 15.5. The largest absolute Gasteiger partial charge is 0.363 e. The molecule has 1 aliphatic rings. The molecule has 0 N–H and O–H groups in total. The van der Waals surface area contributed by atoms with Crippen LogP contribution in [0.3, 0.4) is 0 Å². The maximum Gasteiger partial charge on any atom is 0.197 e. The highest BCUT2D eigenvalue weighted by Crippen LogP contribution is 2.28. The van der Waals surface area contributed by atoms with Crippen molar-refractivity contribution in [1.29, 1.82) is 0 Å². The van der Waals surface area contributed by atoms with E-state index in [1.807, 2.05) is 44.7 Å². The number of aryl methyl sites for hydroxylation is 1. The monoisotopic (exact) mass is 375 g/mol. The summed E-state index contributed by atoms with van der Waals surface area (Å²) in [5.41, 5.74) is 3.91. The zero-order valence-corrected chi connectivity index (χ0v) is 15.5. The molecule has 4 aromatic heterocycles. The number of nitrogens with zero attached hydrogens (tertiary/aromatic N) is 7. The fourth-order valence-corrected chi connectivity index (χ4v) is 3.55. The Hall–Kier alpha value is -3.55. The average Bonchev–Trinajstić information content (AvgIpc) is 3.33. The first-order valence-corrected chi connectivity index (χ1v) is 9.01. The van der Waals surface area contributed by atoms with Crippen molar-refractivity contribution < 1.29 is 4.39 Å². The van der Waals surface area contributed by atoms with Gasteiger partial charge in [-0.15, -0.1) is 10.2 Å². The number of halogens is 1.